The summed E-state index contributed by atoms with van der Waals surface area (Å²) in [6.45, 7) is 2.51. The van der Waals surface area contributed by atoms with E-state index in [2.05, 4.69) is 10.3 Å². The number of aromatic nitrogens is 1. The van der Waals surface area contributed by atoms with Crippen molar-refractivity contribution >= 4 is 23.4 Å². The van der Waals surface area contributed by atoms with E-state index in [4.69, 9.17) is 11.6 Å². The van der Waals surface area contributed by atoms with Crippen molar-refractivity contribution < 1.29 is 9.59 Å². The van der Waals surface area contributed by atoms with Crippen molar-refractivity contribution in [2.24, 2.45) is 0 Å². The molecule has 0 unspecified atom stereocenters. The summed E-state index contributed by atoms with van der Waals surface area (Å²) < 4.78 is 0. The molecule has 0 aliphatic carbocycles. The van der Waals surface area contributed by atoms with E-state index in [1.807, 2.05) is 6.92 Å². The zero-order valence-corrected chi connectivity index (χ0v) is 11.2. The Bertz CT molecular complexity index is 437. The van der Waals surface area contributed by atoms with Gasteiger partial charge in [-0.3, -0.25) is 9.59 Å². The number of hydrogen-bond acceptors (Lipinski definition) is 3. The molecule has 1 N–H and O–H groups in total. The monoisotopic (exact) mass is 269 g/mol. The zero-order valence-electron chi connectivity index (χ0n) is 10.4. The molecule has 0 aliphatic heterocycles. The van der Waals surface area contributed by atoms with Crippen LogP contribution in [0.5, 0.6) is 0 Å². The lowest BCUT2D eigenvalue weighted by atomic mass is 10.2. The smallest absolute Gasteiger partial charge is 0.254 e. The first kappa shape index (κ1) is 14.4. The normalized spacial score (nSPS) is 9.94. The Kier molecular flexibility index (Phi) is 5.58. The summed E-state index contributed by atoms with van der Waals surface area (Å²) in [4.78, 5) is 28.9. The zero-order chi connectivity index (χ0) is 13.5. The molecular weight excluding hydrogens is 254 g/mol. The second kappa shape index (κ2) is 6.96. The summed E-state index contributed by atoms with van der Waals surface area (Å²) in [7, 11) is 1.54. The van der Waals surface area contributed by atoms with Crippen molar-refractivity contribution in [2.45, 2.75) is 13.3 Å². The number of likely N-dealkylation sites (N-methyl/N-ethyl adjacent to an activating group) is 1. The van der Waals surface area contributed by atoms with Gasteiger partial charge in [-0.2, -0.15) is 0 Å². The van der Waals surface area contributed by atoms with Gasteiger partial charge in [0.15, 0.2) is 0 Å². The molecule has 0 bridgehead atoms. The average molecular weight is 270 g/mol. The molecule has 1 aromatic rings. The molecule has 0 radical (unpaired) electrons. The van der Waals surface area contributed by atoms with Crippen LogP contribution in [-0.4, -0.2) is 41.8 Å². The lowest BCUT2D eigenvalue weighted by Crippen LogP contribution is -2.40. The number of nitrogens with one attached hydrogen (secondary N) is 1. The van der Waals surface area contributed by atoms with Crippen LogP contribution in [0.3, 0.4) is 0 Å². The van der Waals surface area contributed by atoms with E-state index in [9.17, 15) is 9.59 Å². The van der Waals surface area contributed by atoms with Gasteiger partial charge < -0.3 is 10.2 Å². The van der Waals surface area contributed by atoms with Gasteiger partial charge in [-0.15, -0.1) is 0 Å². The molecule has 1 aromatic heterocycles. The topological polar surface area (TPSA) is 62.3 Å². The number of carbonyl (C=O) groups excluding carboxylic acids is 2. The Morgan fingerprint density at radius 2 is 2.22 bits per heavy atom. The van der Waals surface area contributed by atoms with Crippen molar-refractivity contribution in [2.75, 3.05) is 20.1 Å². The molecule has 18 heavy (non-hydrogen) atoms. The molecular formula is C12H16ClN3O2. The summed E-state index contributed by atoms with van der Waals surface area (Å²) in [5.41, 5.74) is 0.437. The molecule has 98 valence electrons. The maximum atomic E-state index is 12.2. The maximum absolute atomic E-state index is 12.2. The van der Waals surface area contributed by atoms with E-state index >= 15 is 0 Å². The summed E-state index contributed by atoms with van der Waals surface area (Å²) in [5, 5.41) is 2.76. The third-order valence-corrected chi connectivity index (χ3v) is 2.57. The van der Waals surface area contributed by atoms with Crippen LogP contribution in [0.25, 0.3) is 0 Å². The van der Waals surface area contributed by atoms with E-state index in [0.717, 1.165) is 6.42 Å². The fraction of sp³-hybridized carbons (Fsp3) is 0.417. The predicted molar refractivity (Wildman–Crippen MR) is 69.5 cm³/mol. The molecule has 0 aromatic carbocycles. The molecule has 2 amide bonds. The lowest BCUT2D eigenvalue weighted by Gasteiger charge is -2.21. The van der Waals surface area contributed by atoms with E-state index in [0.29, 0.717) is 12.1 Å². The highest BCUT2D eigenvalue weighted by Gasteiger charge is 2.17. The van der Waals surface area contributed by atoms with Crippen LogP contribution in [0, 0.1) is 0 Å². The minimum atomic E-state index is -0.218. The molecule has 6 heteroatoms. The molecule has 0 fully saturated rings. The third-order valence-electron chi connectivity index (χ3n) is 2.37. The van der Waals surface area contributed by atoms with Crippen molar-refractivity contribution in [3.63, 3.8) is 0 Å². The number of hydrogen-bond donors (Lipinski definition) is 1. The maximum Gasteiger partial charge on any atom is 0.254 e. The van der Waals surface area contributed by atoms with E-state index in [1.54, 1.807) is 13.1 Å². The van der Waals surface area contributed by atoms with Gasteiger partial charge in [0.2, 0.25) is 5.91 Å². The van der Waals surface area contributed by atoms with Gasteiger partial charge in [-0.05, 0) is 18.6 Å². The number of pyridine rings is 1. The van der Waals surface area contributed by atoms with Gasteiger partial charge in [0.05, 0.1) is 6.54 Å². The van der Waals surface area contributed by atoms with Crippen LogP contribution in [0.15, 0.2) is 18.3 Å². The lowest BCUT2D eigenvalue weighted by molar-refractivity contribution is -0.121. The van der Waals surface area contributed by atoms with Crippen LogP contribution in [0.4, 0.5) is 0 Å². The van der Waals surface area contributed by atoms with Gasteiger partial charge >= 0.3 is 0 Å². The van der Waals surface area contributed by atoms with Crippen molar-refractivity contribution in [1.82, 2.24) is 15.2 Å². The Balaban J connectivity index is 2.85. The first-order chi connectivity index (χ1) is 8.58. The highest BCUT2D eigenvalue weighted by Crippen LogP contribution is 2.10. The molecule has 0 spiro atoms. The molecule has 1 heterocycles. The van der Waals surface area contributed by atoms with Crippen molar-refractivity contribution in [3.05, 3.63) is 29.0 Å². The number of halogens is 1. The second-order valence-corrected chi connectivity index (χ2v) is 4.15. The van der Waals surface area contributed by atoms with Crippen molar-refractivity contribution in [3.8, 4) is 0 Å². The first-order valence-corrected chi connectivity index (χ1v) is 6.07. The Labute approximate surface area is 111 Å². The summed E-state index contributed by atoms with van der Waals surface area (Å²) in [6, 6.07) is 3.08. The molecule has 0 aliphatic rings. The van der Waals surface area contributed by atoms with E-state index < -0.39 is 0 Å². The number of rotatable bonds is 5. The molecule has 1 rings (SSSR count). The highest BCUT2D eigenvalue weighted by atomic mass is 35.5. The van der Waals surface area contributed by atoms with Gasteiger partial charge in [0, 0.05) is 25.4 Å². The largest absolute Gasteiger partial charge is 0.358 e. The van der Waals surface area contributed by atoms with Crippen LogP contribution in [0.1, 0.15) is 23.7 Å². The van der Waals surface area contributed by atoms with Crippen LogP contribution < -0.4 is 5.32 Å². The van der Waals surface area contributed by atoms with Gasteiger partial charge in [0.25, 0.3) is 5.91 Å². The van der Waals surface area contributed by atoms with Gasteiger partial charge in [-0.25, -0.2) is 4.98 Å². The minimum absolute atomic E-state index is 0.0448. The predicted octanol–water partition coefficient (Wildman–Crippen LogP) is 1.33. The molecule has 0 saturated heterocycles. The number of amides is 2. The average Bonchev–Trinajstić information content (AvgIpc) is 2.37. The summed E-state index contributed by atoms with van der Waals surface area (Å²) in [6.07, 6.45) is 2.25. The standard InChI is InChI=1S/C12H16ClN3O2/c1-3-6-16(8-11(17)14-2)12(18)9-4-5-15-10(13)7-9/h4-5,7H,3,6,8H2,1-2H3,(H,14,17). The molecule has 0 saturated carbocycles. The molecule has 5 nitrogen and oxygen atoms in total. The molecule has 0 atom stereocenters. The van der Waals surface area contributed by atoms with E-state index in [1.165, 1.54) is 17.2 Å². The fourth-order valence-electron chi connectivity index (χ4n) is 1.49. The van der Waals surface area contributed by atoms with Gasteiger partial charge in [-0.1, -0.05) is 18.5 Å². The van der Waals surface area contributed by atoms with Gasteiger partial charge in [0.1, 0.15) is 5.15 Å². The quantitative estimate of drug-likeness (QED) is 0.821. The SMILES string of the molecule is CCCN(CC(=O)NC)C(=O)c1ccnc(Cl)c1. The van der Waals surface area contributed by atoms with Crippen LogP contribution >= 0.6 is 11.6 Å². The number of nitrogens with zero attached hydrogens (tertiary/aromatic N) is 2. The first-order valence-electron chi connectivity index (χ1n) is 5.70. The van der Waals surface area contributed by atoms with E-state index in [-0.39, 0.29) is 23.5 Å². The Morgan fingerprint density at radius 3 is 2.78 bits per heavy atom. The Hall–Kier alpha value is -1.62. The summed E-state index contributed by atoms with van der Waals surface area (Å²) in [5.74, 6) is -0.415. The fourth-order valence-corrected chi connectivity index (χ4v) is 1.67. The highest BCUT2D eigenvalue weighted by molar-refractivity contribution is 6.29. The Morgan fingerprint density at radius 1 is 1.50 bits per heavy atom. The van der Waals surface area contributed by atoms with Crippen LogP contribution in [0.2, 0.25) is 5.15 Å². The van der Waals surface area contributed by atoms with Crippen LogP contribution in [-0.2, 0) is 4.79 Å². The second-order valence-electron chi connectivity index (χ2n) is 3.77. The number of carbonyl (C=O) groups is 2. The summed E-state index contributed by atoms with van der Waals surface area (Å²) >= 11 is 5.74. The minimum Gasteiger partial charge on any atom is -0.358 e. The van der Waals surface area contributed by atoms with Crippen molar-refractivity contribution in [1.29, 1.82) is 0 Å². The third kappa shape index (κ3) is 4.00.